The monoisotopic (exact) mass is 468 g/mol. The number of amides is 1. The lowest BCUT2D eigenvalue weighted by Gasteiger charge is -2.24. The van der Waals surface area contributed by atoms with Crippen molar-refractivity contribution in [1.29, 1.82) is 0 Å². The maximum Gasteiger partial charge on any atom is 0.472 e. The van der Waals surface area contributed by atoms with Crippen molar-refractivity contribution in [1.82, 2.24) is 14.6 Å². The smallest absolute Gasteiger partial charge is 0.472 e. The summed E-state index contributed by atoms with van der Waals surface area (Å²) in [5.41, 5.74) is 2.48. The summed E-state index contributed by atoms with van der Waals surface area (Å²) in [5.74, 6) is -1.52. The molecule has 0 aliphatic rings. The highest BCUT2D eigenvalue weighted by Crippen LogP contribution is 2.33. The minimum Gasteiger partial charge on any atom is -0.497 e. The fourth-order valence-electron chi connectivity index (χ4n) is 3.48. The summed E-state index contributed by atoms with van der Waals surface area (Å²) in [6.45, 7) is 5.98. The van der Waals surface area contributed by atoms with Crippen LogP contribution in [0.3, 0.4) is 0 Å². The summed E-state index contributed by atoms with van der Waals surface area (Å²) in [6, 6.07) is 17.0. The molecule has 0 N–H and O–H groups in total. The Balaban J connectivity index is 1.77. The molecule has 2 aromatic carbocycles. The third-order valence-electron chi connectivity index (χ3n) is 5.36. The van der Waals surface area contributed by atoms with Gasteiger partial charge in [0.15, 0.2) is 11.5 Å². The molecule has 2 heterocycles. The van der Waals surface area contributed by atoms with E-state index in [-0.39, 0.29) is 16.9 Å². The molecule has 0 atom stereocenters. The average Bonchev–Trinajstić information content (AvgIpc) is 3.21. The van der Waals surface area contributed by atoms with Gasteiger partial charge in [0.25, 0.3) is 0 Å². The fourth-order valence-corrected chi connectivity index (χ4v) is 3.48. The Kier molecular flexibility index (Phi) is 5.80. The first-order valence-corrected chi connectivity index (χ1v) is 10.5. The molecule has 0 unspecified atom stereocenters. The summed E-state index contributed by atoms with van der Waals surface area (Å²) in [7, 11) is 1.57. The van der Waals surface area contributed by atoms with E-state index in [9.17, 15) is 18.0 Å². The van der Waals surface area contributed by atoms with E-state index in [0.717, 1.165) is 11.1 Å². The number of ether oxygens (including phenoxy) is 1. The van der Waals surface area contributed by atoms with Crippen molar-refractivity contribution >= 4 is 23.1 Å². The van der Waals surface area contributed by atoms with Gasteiger partial charge in [-0.2, -0.15) is 18.3 Å². The number of imidazole rings is 1. The van der Waals surface area contributed by atoms with Gasteiger partial charge in [-0.1, -0.05) is 32.9 Å². The molecule has 9 heteroatoms. The van der Waals surface area contributed by atoms with Gasteiger partial charge in [-0.05, 0) is 59.5 Å². The zero-order chi connectivity index (χ0) is 24.7. The Bertz CT molecular complexity index is 1320. The van der Waals surface area contributed by atoms with Gasteiger partial charge in [-0.3, -0.25) is 9.69 Å². The normalized spacial score (nSPS) is 12.1. The number of nitrogens with zero attached hydrogens (tertiary/aromatic N) is 4. The van der Waals surface area contributed by atoms with Gasteiger partial charge in [-0.25, -0.2) is 9.50 Å². The Labute approximate surface area is 194 Å². The van der Waals surface area contributed by atoms with Crippen LogP contribution < -0.4 is 9.64 Å². The molecular weight excluding hydrogens is 445 g/mol. The molecule has 4 aromatic rings. The number of rotatable bonds is 4. The summed E-state index contributed by atoms with van der Waals surface area (Å²) in [4.78, 5) is 17.2. The molecule has 0 saturated heterocycles. The third kappa shape index (κ3) is 4.59. The first-order valence-electron chi connectivity index (χ1n) is 10.5. The van der Waals surface area contributed by atoms with Crippen LogP contribution in [-0.2, 0) is 10.2 Å². The van der Waals surface area contributed by atoms with Crippen LogP contribution in [0.25, 0.3) is 16.9 Å². The fraction of sp³-hybridized carbons (Fsp3) is 0.240. The van der Waals surface area contributed by atoms with Crippen molar-refractivity contribution < 1.29 is 22.7 Å². The van der Waals surface area contributed by atoms with Crippen molar-refractivity contribution in [3.63, 3.8) is 0 Å². The predicted molar refractivity (Wildman–Crippen MR) is 123 cm³/mol. The molecule has 34 heavy (non-hydrogen) atoms. The van der Waals surface area contributed by atoms with Crippen LogP contribution in [0.2, 0.25) is 0 Å². The van der Waals surface area contributed by atoms with Gasteiger partial charge < -0.3 is 4.74 Å². The standard InChI is InChI=1S/C25H23F3N4O2/c1-24(2,3)17-7-9-18(10-8-17)32(23(33)25(26,27)28)22-15-31-21(29-22)14-13-20(30-31)16-5-11-19(34-4)12-6-16/h5-15H,1-4H3. The molecule has 0 spiro atoms. The Morgan fingerprint density at radius 2 is 1.59 bits per heavy atom. The third-order valence-corrected chi connectivity index (χ3v) is 5.36. The van der Waals surface area contributed by atoms with Crippen molar-refractivity contribution in [2.45, 2.75) is 32.4 Å². The van der Waals surface area contributed by atoms with E-state index in [0.29, 0.717) is 22.0 Å². The molecule has 0 radical (unpaired) electrons. The highest BCUT2D eigenvalue weighted by atomic mass is 19.4. The highest BCUT2D eigenvalue weighted by molar-refractivity contribution is 6.03. The van der Waals surface area contributed by atoms with E-state index >= 15 is 0 Å². The highest BCUT2D eigenvalue weighted by Gasteiger charge is 2.44. The molecule has 176 valence electrons. The molecule has 0 bridgehead atoms. The average molecular weight is 468 g/mol. The Morgan fingerprint density at radius 3 is 2.15 bits per heavy atom. The SMILES string of the molecule is COc1ccc(-c2ccc3nc(N(C(=O)C(F)(F)F)c4ccc(C(C)(C)C)cc4)cn3n2)cc1. The number of hydrogen-bond acceptors (Lipinski definition) is 4. The number of alkyl halides is 3. The second-order valence-electron chi connectivity index (χ2n) is 8.78. The number of anilines is 2. The van der Waals surface area contributed by atoms with E-state index in [4.69, 9.17) is 4.74 Å². The lowest BCUT2D eigenvalue weighted by Crippen LogP contribution is -2.38. The molecule has 1 amide bonds. The zero-order valence-corrected chi connectivity index (χ0v) is 19.1. The van der Waals surface area contributed by atoms with Gasteiger partial charge in [0.05, 0.1) is 24.7 Å². The predicted octanol–water partition coefficient (Wildman–Crippen LogP) is 5.93. The first-order chi connectivity index (χ1) is 16.0. The summed E-state index contributed by atoms with van der Waals surface area (Å²) in [6.07, 6.45) is -3.77. The Hall–Kier alpha value is -3.88. The zero-order valence-electron chi connectivity index (χ0n) is 19.1. The first kappa shape index (κ1) is 23.3. The summed E-state index contributed by atoms with van der Waals surface area (Å²) in [5, 5.41) is 4.46. The molecule has 0 aliphatic heterocycles. The second kappa shape index (κ2) is 8.48. The maximum atomic E-state index is 13.5. The largest absolute Gasteiger partial charge is 0.497 e. The quantitative estimate of drug-likeness (QED) is 0.373. The maximum absolute atomic E-state index is 13.5. The molecule has 0 saturated carbocycles. The van der Waals surface area contributed by atoms with Crippen LogP contribution in [0.5, 0.6) is 5.75 Å². The van der Waals surface area contributed by atoms with E-state index in [1.807, 2.05) is 32.9 Å². The van der Waals surface area contributed by atoms with Crippen LogP contribution in [-0.4, -0.2) is 33.8 Å². The number of halogens is 3. The van der Waals surface area contributed by atoms with E-state index in [1.165, 1.54) is 22.8 Å². The minimum absolute atomic E-state index is 0.0640. The number of benzene rings is 2. The number of hydrogen-bond donors (Lipinski definition) is 0. The molecule has 0 aliphatic carbocycles. The van der Waals surface area contributed by atoms with Gasteiger partial charge >= 0.3 is 12.1 Å². The molecular formula is C25H23F3N4O2. The van der Waals surface area contributed by atoms with Crippen molar-refractivity contribution in [3.8, 4) is 17.0 Å². The van der Waals surface area contributed by atoms with Crippen LogP contribution in [0.1, 0.15) is 26.3 Å². The van der Waals surface area contributed by atoms with E-state index in [1.54, 1.807) is 43.5 Å². The molecule has 6 nitrogen and oxygen atoms in total. The van der Waals surface area contributed by atoms with Crippen molar-refractivity contribution in [2.75, 3.05) is 12.0 Å². The molecule has 4 rings (SSSR count). The minimum atomic E-state index is -5.08. The number of fused-ring (bicyclic) bond motifs is 1. The van der Waals surface area contributed by atoms with Crippen molar-refractivity contribution in [3.05, 3.63) is 72.4 Å². The van der Waals surface area contributed by atoms with Gasteiger partial charge in [0.2, 0.25) is 0 Å². The van der Waals surface area contributed by atoms with E-state index in [2.05, 4.69) is 10.1 Å². The number of methoxy groups -OCH3 is 1. The lowest BCUT2D eigenvalue weighted by molar-refractivity contribution is -0.169. The second-order valence-corrected chi connectivity index (χ2v) is 8.78. The topological polar surface area (TPSA) is 59.7 Å². The summed E-state index contributed by atoms with van der Waals surface area (Å²) >= 11 is 0. The molecule has 2 aromatic heterocycles. The number of carbonyl (C=O) groups excluding carboxylic acids is 1. The Morgan fingerprint density at radius 1 is 0.941 bits per heavy atom. The summed E-state index contributed by atoms with van der Waals surface area (Å²) < 4.78 is 47.0. The number of aromatic nitrogens is 3. The van der Waals surface area contributed by atoms with Crippen molar-refractivity contribution in [2.24, 2.45) is 0 Å². The van der Waals surface area contributed by atoms with Gasteiger partial charge in [0, 0.05) is 5.56 Å². The van der Waals surface area contributed by atoms with Crippen LogP contribution >= 0.6 is 0 Å². The lowest BCUT2D eigenvalue weighted by atomic mass is 9.87. The van der Waals surface area contributed by atoms with Crippen LogP contribution in [0, 0.1) is 0 Å². The van der Waals surface area contributed by atoms with Crippen LogP contribution in [0.15, 0.2) is 66.9 Å². The van der Waals surface area contributed by atoms with Gasteiger partial charge in [0.1, 0.15) is 5.75 Å². The number of carbonyl (C=O) groups is 1. The van der Waals surface area contributed by atoms with Crippen LogP contribution in [0.4, 0.5) is 24.7 Å². The van der Waals surface area contributed by atoms with Gasteiger partial charge in [-0.15, -0.1) is 0 Å². The van der Waals surface area contributed by atoms with E-state index < -0.39 is 12.1 Å². The molecule has 0 fully saturated rings.